The lowest BCUT2D eigenvalue weighted by Crippen LogP contribution is -2.14. The quantitative estimate of drug-likeness (QED) is 0.597. The first kappa shape index (κ1) is 15.8. The van der Waals surface area contributed by atoms with Gasteiger partial charge < -0.3 is 10.4 Å². The van der Waals surface area contributed by atoms with Gasteiger partial charge >= 0.3 is 0 Å². The van der Waals surface area contributed by atoms with Crippen LogP contribution in [0.3, 0.4) is 0 Å². The van der Waals surface area contributed by atoms with Gasteiger partial charge in [0.25, 0.3) is 5.91 Å². The topological polar surface area (TPSA) is 49.3 Å². The van der Waals surface area contributed by atoms with Crippen LogP contribution in [0.1, 0.15) is 10.4 Å². The number of hydrogen-bond acceptors (Lipinski definition) is 2. The van der Waals surface area contributed by atoms with Crippen LogP contribution in [0.5, 0.6) is 5.75 Å². The zero-order valence-corrected chi connectivity index (χ0v) is 12.3. The molecule has 1 amide bonds. The van der Waals surface area contributed by atoms with E-state index in [2.05, 4.69) is 5.32 Å². The summed E-state index contributed by atoms with van der Waals surface area (Å²) in [4.78, 5) is 11.9. The number of carbonyl (C=O) groups excluding carboxylic acids is 1. The number of rotatable bonds is 2. The molecule has 0 atom stereocenters. The van der Waals surface area contributed by atoms with E-state index in [4.69, 9.17) is 34.8 Å². The highest BCUT2D eigenvalue weighted by Crippen LogP contribution is 2.34. The van der Waals surface area contributed by atoms with Crippen molar-refractivity contribution in [2.45, 2.75) is 0 Å². The van der Waals surface area contributed by atoms with Gasteiger partial charge in [0.1, 0.15) is 11.6 Å². The number of benzene rings is 2. The number of phenolic OH excluding ortho intramolecular Hbond substituents is 1. The number of hydrogen-bond donors (Lipinski definition) is 2. The fraction of sp³-hybridized carbons (Fsp3) is 0. The van der Waals surface area contributed by atoms with Gasteiger partial charge in [-0.3, -0.25) is 4.79 Å². The Bertz CT molecular complexity index is 715. The van der Waals surface area contributed by atoms with Gasteiger partial charge in [0, 0.05) is 5.69 Å². The van der Waals surface area contributed by atoms with Crippen molar-refractivity contribution in [3.63, 3.8) is 0 Å². The number of amides is 1. The van der Waals surface area contributed by atoms with E-state index in [1.807, 2.05) is 0 Å². The minimum Gasteiger partial charge on any atom is -0.505 e. The van der Waals surface area contributed by atoms with Crippen LogP contribution in [0.25, 0.3) is 0 Å². The third-order valence-corrected chi connectivity index (χ3v) is 3.40. The van der Waals surface area contributed by atoms with Gasteiger partial charge in [-0.15, -0.1) is 0 Å². The first-order chi connectivity index (χ1) is 9.79. The number of nitrogens with one attached hydrogen (secondary N) is 1. The van der Waals surface area contributed by atoms with Crippen molar-refractivity contribution in [2.75, 3.05) is 5.32 Å². The molecule has 0 radical (unpaired) electrons. The Morgan fingerprint density at radius 2 is 1.52 bits per heavy atom. The third-order valence-electron chi connectivity index (χ3n) is 2.53. The van der Waals surface area contributed by atoms with Crippen LogP contribution in [0.4, 0.5) is 14.5 Å². The SMILES string of the molecule is O=C(Nc1cc(Cl)c(O)c(Cl)c1)c1cc(F)c(Cl)cc1F. The monoisotopic (exact) mass is 351 g/mol. The van der Waals surface area contributed by atoms with Crippen LogP contribution >= 0.6 is 34.8 Å². The van der Waals surface area contributed by atoms with Gasteiger partial charge in [0.15, 0.2) is 5.75 Å². The molecule has 0 aliphatic rings. The Morgan fingerprint density at radius 1 is 0.952 bits per heavy atom. The van der Waals surface area contributed by atoms with Crippen LogP contribution < -0.4 is 5.32 Å². The molecule has 110 valence electrons. The zero-order valence-electron chi connectivity index (χ0n) is 10.1. The Kier molecular flexibility index (Phi) is 4.56. The zero-order chi connectivity index (χ0) is 15.7. The highest BCUT2D eigenvalue weighted by Gasteiger charge is 2.16. The number of aromatic hydroxyl groups is 1. The average Bonchev–Trinajstić information content (AvgIpc) is 2.40. The van der Waals surface area contributed by atoms with Crippen LogP contribution in [-0.2, 0) is 0 Å². The van der Waals surface area contributed by atoms with Crippen molar-refractivity contribution in [2.24, 2.45) is 0 Å². The molecule has 0 spiro atoms. The molecule has 2 aromatic carbocycles. The number of carbonyl (C=O) groups is 1. The van der Waals surface area contributed by atoms with Crippen molar-refractivity contribution in [3.8, 4) is 5.75 Å². The van der Waals surface area contributed by atoms with Gasteiger partial charge in [0.2, 0.25) is 0 Å². The Labute approximate surface area is 133 Å². The second-order valence-electron chi connectivity index (χ2n) is 3.99. The van der Waals surface area contributed by atoms with Crippen LogP contribution in [-0.4, -0.2) is 11.0 Å². The van der Waals surface area contributed by atoms with Crippen molar-refractivity contribution in [1.29, 1.82) is 0 Å². The summed E-state index contributed by atoms with van der Waals surface area (Å²) in [5.74, 6) is -3.17. The molecule has 2 aromatic rings. The van der Waals surface area contributed by atoms with Gasteiger partial charge in [-0.1, -0.05) is 34.8 Å². The molecular weight excluding hydrogens is 347 g/mol. The minimum absolute atomic E-state index is 0.0967. The van der Waals surface area contributed by atoms with E-state index in [1.54, 1.807) is 0 Å². The number of phenols is 1. The molecule has 0 aromatic heterocycles. The fourth-order valence-corrected chi connectivity index (χ4v) is 2.17. The second kappa shape index (κ2) is 6.05. The maximum atomic E-state index is 13.6. The standard InChI is InChI=1S/C13H6Cl3F2NO2/c14-7-4-10(17)6(3-11(7)18)13(21)19-5-1-8(15)12(20)9(16)2-5/h1-4,20H,(H,19,21). The highest BCUT2D eigenvalue weighted by atomic mass is 35.5. The van der Waals surface area contributed by atoms with Gasteiger partial charge in [-0.05, 0) is 24.3 Å². The summed E-state index contributed by atoms with van der Waals surface area (Å²) in [6.07, 6.45) is 0. The van der Waals surface area contributed by atoms with Crippen molar-refractivity contribution in [1.82, 2.24) is 0 Å². The summed E-state index contributed by atoms with van der Waals surface area (Å²) in [6, 6.07) is 3.80. The van der Waals surface area contributed by atoms with Crippen molar-refractivity contribution >= 4 is 46.4 Å². The largest absolute Gasteiger partial charge is 0.505 e. The minimum atomic E-state index is -0.977. The number of anilines is 1. The molecule has 0 heterocycles. The molecule has 0 fully saturated rings. The van der Waals surface area contributed by atoms with Gasteiger partial charge in [-0.2, -0.15) is 0 Å². The molecule has 0 saturated carbocycles. The average molecular weight is 353 g/mol. The predicted octanol–water partition coefficient (Wildman–Crippen LogP) is 4.88. The first-order valence-corrected chi connectivity index (χ1v) is 6.57. The third kappa shape index (κ3) is 3.37. The maximum Gasteiger partial charge on any atom is 0.258 e. The molecule has 2 rings (SSSR count). The van der Waals surface area contributed by atoms with E-state index in [0.29, 0.717) is 12.1 Å². The van der Waals surface area contributed by atoms with Gasteiger partial charge in [-0.25, -0.2) is 8.78 Å². The molecule has 0 aliphatic carbocycles. The summed E-state index contributed by atoms with van der Waals surface area (Å²) in [5, 5.41) is 11.1. The summed E-state index contributed by atoms with van der Waals surface area (Å²) in [5.41, 5.74) is -0.417. The summed E-state index contributed by atoms with van der Waals surface area (Å²) < 4.78 is 26.9. The van der Waals surface area contributed by atoms with Crippen LogP contribution in [0.15, 0.2) is 24.3 Å². The number of halogens is 5. The molecule has 21 heavy (non-hydrogen) atoms. The molecule has 2 N–H and O–H groups in total. The fourth-order valence-electron chi connectivity index (χ4n) is 1.53. The highest BCUT2D eigenvalue weighted by molar-refractivity contribution is 6.37. The van der Waals surface area contributed by atoms with Crippen molar-refractivity contribution in [3.05, 3.63) is 56.5 Å². The molecular formula is C13H6Cl3F2NO2. The van der Waals surface area contributed by atoms with Crippen LogP contribution in [0, 0.1) is 11.6 Å². The lowest BCUT2D eigenvalue weighted by molar-refractivity contribution is 0.102. The van der Waals surface area contributed by atoms with Crippen LogP contribution in [0.2, 0.25) is 15.1 Å². The van der Waals surface area contributed by atoms with E-state index in [-0.39, 0.29) is 21.5 Å². The first-order valence-electron chi connectivity index (χ1n) is 5.43. The van der Waals surface area contributed by atoms with E-state index < -0.39 is 28.1 Å². The van der Waals surface area contributed by atoms with E-state index in [0.717, 1.165) is 0 Å². The van der Waals surface area contributed by atoms with Crippen molar-refractivity contribution < 1.29 is 18.7 Å². The summed E-state index contributed by atoms with van der Waals surface area (Å²) in [7, 11) is 0. The Balaban J connectivity index is 2.32. The Morgan fingerprint density at radius 3 is 2.10 bits per heavy atom. The van der Waals surface area contributed by atoms with Gasteiger partial charge in [0.05, 0.1) is 20.6 Å². The molecule has 0 bridgehead atoms. The van der Waals surface area contributed by atoms with E-state index in [9.17, 15) is 18.7 Å². The lowest BCUT2D eigenvalue weighted by atomic mass is 10.2. The molecule has 8 heteroatoms. The smallest absolute Gasteiger partial charge is 0.258 e. The summed E-state index contributed by atoms with van der Waals surface area (Å²) >= 11 is 16.8. The molecule has 3 nitrogen and oxygen atoms in total. The normalized spacial score (nSPS) is 10.5. The molecule has 0 saturated heterocycles. The maximum absolute atomic E-state index is 13.6. The van der Waals surface area contributed by atoms with E-state index in [1.165, 1.54) is 12.1 Å². The predicted molar refractivity (Wildman–Crippen MR) is 77.4 cm³/mol. The second-order valence-corrected chi connectivity index (χ2v) is 5.21. The Hall–Kier alpha value is -1.56. The lowest BCUT2D eigenvalue weighted by Gasteiger charge is -2.09. The summed E-state index contributed by atoms with van der Waals surface area (Å²) in [6.45, 7) is 0. The molecule has 0 unspecified atom stereocenters. The van der Waals surface area contributed by atoms with E-state index >= 15 is 0 Å². The molecule has 0 aliphatic heterocycles.